The van der Waals surface area contributed by atoms with Gasteiger partial charge in [-0.3, -0.25) is 19.2 Å². The molecule has 0 spiro atoms. The fourth-order valence-corrected chi connectivity index (χ4v) is 14.1. The van der Waals surface area contributed by atoms with Crippen molar-refractivity contribution >= 4 is 23.9 Å². The Hall–Kier alpha value is -8.62. The summed E-state index contributed by atoms with van der Waals surface area (Å²) in [6.07, 6.45) is 69.1. The average molecular weight is 1410 g/mol. The lowest BCUT2D eigenvalue weighted by Crippen LogP contribution is -2.32. The van der Waals surface area contributed by atoms with Crippen LogP contribution >= 0.6 is 0 Å². The molecule has 0 heterocycles. The highest BCUT2D eigenvalue weighted by molar-refractivity contribution is 5.78. The standard InChI is InChI=1S/C96H126O8/c1-69(35-25-39-73(5)45-53-85-77(9)43-29-61-93(85,13)14)31-21-23-33-71(3)37-27-41-75(7)47-55-87-79(11)63-83(65-95(87,17)18)103-91(99)59-57-89(97)101-67-81-49-51-82(52-50-81)68-102-90(98)58-60-92(100)104-84-64-80(12)88(96(19,20)66-84)56-48-76(8)42-28-38-72(4)34-24-22-32-70(2)36-26-40-74(6)46-54-86-78(10)44-30-62-94(86,15)16/h21-28,31-42,45-56,83-84H,29-30,43-44,57-68H2,1-20H3/b23-21+,24-22+,35-25+,36-26+,37-27+,38-28+,53-45+,54-46+,55-47+,56-48+,69-31+,70-32+,71-33+,72-34+,73-39+,74-40+,75-41+,76-42+/t83-,84-/m1/s1. The molecule has 0 amide bonds. The van der Waals surface area contributed by atoms with Crippen LogP contribution < -0.4 is 0 Å². The van der Waals surface area contributed by atoms with Crippen molar-refractivity contribution < 1.29 is 38.1 Å². The van der Waals surface area contributed by atoms with Crippen molar-refractivity contribution in [3.63, 3.8) is 0 Å². The molecule has 0 radical (unpaired) electrons. The van der Waals surface area contributed by atoms with Crippen LogP contribution in [-0.4, -0.2) is 36.1 Å². The van der Waals surface area contributed by atoms with E-state index in [9.17, 15) is 19.2 Å². The Morgan fingerprint density at radius 2 is 0.596 bits per heavy atom. The topological polar surface area (TPSA) is 105 Å². The van der Waals surface area contributed by atoms with Gasteiger partial charge >= 0.3 is 23.9 Å². The molecule has 0 saturated carbocycles. The van der Waals surface area contributed by atoms with E-state index in [1.54, 1.807) is 24.3 Å². The summed E-state index contributed by atoms with van der Waals surface area (Å²) in [6.45, 7) is 43.8. The Kier molecular flexibility index (Phi) is 35.0. The minimum Gasteiger partial charge on any atom is -0.462 e. The predicted molar refractivity (Wildman–Crippen MR) is 438 cm³/mol. The van der Waals surface area contributed by atoms with Crippen LogP contribution in [0.15, 0.2) is 284 Å². The molecule has 558 valence electrons. The van der Waals surface area contributed by atoms with Gasteiger partial charge in [0.25, 0.3) is 0 Å². The summed E-state index contributed by atoms with van der Waals surface area (Å²) in [5.41, 5.74) is 21.7. The zero-order valence-corrected chi connectivity index (χ0v) is 67.2. The maximum absolute atomic E-state index is 13.0. The van der Waals surface area contributed by atoms with E-state index in [0.29, 0.717) is 25.7 Å². The summed E-state index contributed by atoms with van der Waals surface area (Å²) >= 11 is 0. The summed E-state index contributed by atoms with van der Waals surface area (Å²) in [5.74, 6) is -1.84. The Labute approximate surface area is 628 Å². The number of carbonyl (C=O) groups is 4. The monoisotopic (exact) mass is 1410 g/mol. The van der Waals surface area contributed by atoms with Crippen LogP contribution in [0.3, 0.4) is 0 Å². The molecule has 8 nitrogen and oxygen atoms in total. The molecule has 1 aromatic rings. The van der Waals surface area contributed by atoms with Crippen LogP contribution in [0, 0.1) is 21.7 Å². The normalized spacial score (nSPS) is 20.9. The van der Waals surface area contributed by atoms with Crippen LogP contribution in [0.4, 0.5) is 0 Å². The molecule has 0 aliphatic heterocycles. The molecule has 0 N–H and O–H groups in total. The van der Waals surface area contributed by atoms with Gasteiger partial charge in [-0.1, -0.05) is 317 Å². The van der Waals surface area contributed by atoms with Gasteiger partial charge in [0.2, 0.25) is 0 Å². The number of carbonyl (C=O) groups excluding carboxylic acids is 4. The molecule has 0 unspecified atom stereocenters. The summed E-state index contributed by atoms with van der Waals surface area (Å²) in [5, 5.41) is 0. The second-order valence-corrected chi connectivity index (χ2v) is 32.0. The molecule has 0 aromatic heterocycles. The van der Waals surface area contributed by atoms with Crippen molar-refractivity contribution in [2.24, 2.45) is 21.7 Å². The Morgan fingerprint density at radius 1 is 0.346 bits per heavy atom. The lowest BCUT2D eigenvalue weighted by Gasteiger charge is -2.37. The summed E-state index contributed by atoms with van der Waals surface area (Å²) in [7, 11) is 0. The molecule has 4 aliphatic rings. The fraction of sp³-hybridized carbons (Fsp3) is 0.438. The third-order valence-electron chi connectivity index (χ3n) is 20.1. The first kappa shape index (κ1) is 86.0. The highest BCUT2D eigenvalue weighted by Crippen LogP contribution is 2.45. The largest absolute Gasteiger partial charge is 0.462 e. The first-order chi connectivity index (χ1) is 49.1. The van der Waals surface area contributed by atoms with Gasteiger partial charge in [-0.15, -0.1) is 0 Å². The van der Waals surface area contributed by atoms with Crippen molar-refractivity contribution in [1.29, 1.82) is 0 Å². The zero-order chi connectivity index (χ0) is 76.6. The fourth-order valence-electron chi connectivity index (χ4n) is 14.1. The number of hydrogen-bond donors (Lipinski definition) is 0. The average Bonchev–Trinajstić information content (AvgIpc) is 0.818. The third-order valence-corrected chi connectivity index (χ3v) is 20.1. The summed E-state index contributed by atoms with van der Waals surface area (Å²) in [6, 6.07) is 7.19. The summed E-state index contributed by atoms with van der Waals surface area (Å²) in [4.78, 5) is 51.5. The molecule has 104 heavy (non-hydrogen) atoms. The Morgan fingerprint density at radius 3 is 0.865 bits per heavy atom. The highest BCUT2D eigenvalue weighted by Gasteiger charge is 2.36. The number of benzene rings is 1. The van der Waals surface area contributed by atoms with Crippen molar-refractivity contribution in [3.05, 3.63) is 295 Å². The minimum atomic E-state index is -0.496. The molecular formula is C96H126O8. The van der Waals surface area contributed by atoms with Crippen LogP contribution in [0.25, 0.3) is 0 Å². The molecular weight excluding hydrogens is 1280 g/mol. The van der Waals surface area contributed by atoms with E-state index < -0.39 is 23.9 Å². The number of esters is 4. The van der Waals surface area contributed by atoms with Crippen molar-refractivity contribution in [3.8, 4) is 0 Å². The van der Waals surface area contributed by atoms with Gasteiger partial charge in [0.1, 0.15) is 25.4 Å². The van der Waals surface area contributed by atoms with E-state index in [4.69, 9.17) is 18.9 Å². The van der Waals surface area contributed by atoms with Gasteiger partial charge in [0, 0.05) is 12.8 Å². The van der Waals surface area contributed by atoms with E-state index in [2.05, 4.69) is 309 Å². The highest BCUT2D eigenvalue weighted by atomic mass is 16.6. The van der Waals surface area contributed by atoms with Crippen LogP contribution in [0.1, 0.15) is 239 Å². The number of ether oxygens (including phenoxy) is 4. The van der Waals surface area contributed by atoms with Gasteiger partial charge in [-0.05, 0) is 190 Å². The SMILES string of the molecule is CC1=C(/C=C/C(C)=C/C=C/C(C)=C/C=C/C=C(C)/C=C/C=C(C)/C=C/C2=C(C)C[C@@H](OC(=O)CCC(=O)OCc3ccc(COC(=O)CCC(=O)O[C@@H]4CC(C)=C(/C=C/C(C)=C/C=C/C(C)=C/C=C/C=C(C)/C=C/C=C(C)/C=C/C5=C(C)CCCC5(C)C)C(C)(C)C4)cc3)CC2(C)C)C(C)(C)CCC1. The Balaban J connectivity index is 0.949. The van der Waals surface area contributed by atoms with Gasteiger partial charge < -0.3 is 18.9 Å². The smallest absolute Gasteiger partial charge is 0.306 e. The second kappa shape index (κ2) is 42.4. The predicted octanol–water partition coefficient (Wildman–Crippen LogP) is 25.6. The Bertz CT molecular complexity index is 3660. The van der Waals surface area contributed by atoms with E-state index in [1.807, 2.05) is 0 Å². The van der Waals surface area contributed by atoms with Gasteiger partial charge in [0.05, 0.1) is 25.7 Å². The lowest BCUT2D eigenvalue weighted by atomic mass is 9.71. The first-order valence-corrected chi connectivity index (χ1v) is 37.9. The van der Waals surface area contributed by atoms with Gasteiger partial charge in [-0.25, -0.2) is 0 Å². The zero-order valence-electron chi connectivity index (χ0n) is 67.2. The van der Waals surface area contributed by atoms with Crippen molar-refractivity contribution in [2.45, 2.75) is 254 Å². The third kappa shape index (κ3) is 31.4. The maximum Gasteiger partial charge on any atom is 0.306 e. The molecule has 5 rings (SSSR count). The first-order valence-electron chi connectivity index (χ1n) is 37.9. The van der Waals surface area contributed by atoms with Gasteiger partial charge in [0.15, 0.2) is 0 Å². The summed E-state index contributed by atoms with van der Waals surface area (Å²) < 4.78 is 22.8. The quantitative estimate of drug-likeness (QED) is 0.0399. The van der Waals surface area contributed by atoms with Crippen molar-refractivity contribution in [2.75, 3.05) is 0 Å². The van der Waals surface area contributed by atoms with Crippen molar-refractivity contribution in [1.82, 2.24) is 0 Å². The molecule has 0 saturated heterocycles. The molecule has 0 bridgehead atoms. The van der Waals surface area contributed by atoms with Gasteiger partial charge in [-0.2, -0.15) is 0 Å². The van der Waals surface area contributed by atoms with E-state index in [1.165, 1.54) is 105 Å². The van der Waals surface area contributed by atoms with Crippen LogP contribution in [0.5, 0.6) is 0 Å². The molecule has 4 aliphatic carbocycles. The molecule has 0 fully saturated rings. The number of allylic oxidation sites excluding steroid dienone is 42. The number of hydrogen-bond acceptors (Lipinski definition) is 8. The van der Waals surface area contributed by atoms with E-state index >= 15 is 0 Å². The molecule has 2 atom stereocenters. The minimum absolute atomic E-state index is 0.0306. The molecule has 8 heteroatoms. The van der Waals surface area contributed by atoms with Crippen LogP contribution in [0.2, 0.25) is 0 Å². The van der Waals surface area contributed by atoms with Crippen LogP contribution in [-0.2, 0) is 51.3 Å². The second-order valence-electron chi connectivity index (χ2n) is 32.0. The maximum atomic E-state index is 13.0. The van der Waals surface area contributed by atoms with E-state index in [0.717, 1.165) is 33.4 Å². The lowest BCUT2D eigenvalue weighted by molar-refractivity contribution is -0.155. The van der Waals surface area contributed by atoms with E-state index in [-0.39, 0.29) is 72.8 Å². The number of rotatable bonds is 32. The molecule has 1 aromatic carbocycles.